The molecule has 0 saturated carbocycles. The van der Waals surface area contributed by atoms with Gasteiger partial charge in [-0.05, 0) is 47.1 Å². The molecule has 3 rings (SSSR count). The second-order valence-electron chi connectivity index (χ2n) is 5.86. The SMILES string of the molecule is CCOc1ccccc1NC(=O)CSC1=NC(=N)C(=NC(=O)c2ccc(Br)o2)C(=O)N1. The van der Waals surface area contributed by atoms with E-state index in [0.717, 1.165) is 11.8 Å². The number of para-hydroxylation sites is 2. The molecular weight excluding hydrogens is 490 g/mol. The van der Waals surface area contributed by atoms with Crippen molar-refractivity contribution in [3.63, 3.8) is 0 Å². The van der Waals surface area contributed by atoms with Crippen LogP contribution in [0.4, 0.5) is 5.69 Å². The standard InChI is InChI=1S/C19H16BrN5O5S/c1-2-29-11-6-4-3-5-10(11)22-14(26)9-31-19-24-16(21)15(18(28)25-19)23-17(27)12-7-8-13(20)30-12/h3-8H,2,9H2,1H3,(H,22,26)(H2,21,24,25,28). The lowest BCUT2D eigenvalue weighted by atomic mass is 10.3. The van der Waals surface area contributed by atoms with E-state index >= 15 is 0 Å². The number of hydrogen-bond donors (Lipinski definition) is 3. The lowest BCUT2D eigenvalue weighted by Crippen LogP contribution is -2.43. The Morgan fingerprint density at radius 3 is 2.77 bits per heavy atom. The fraction of sp³-hybridized carbons (Fsp3) is 0.158. The van der Waals surface area contributed by atoms with E-state index in [0.29, 0.717) is 22.7 Å². The minimum absolute atomic E-state index is 0.0513. The van der Waals surface area contributed by atoms with Gasteiger partial charge in [0.2, 0.25) is 5.91 Å². The molecule has 0 spiro atoms. The third kappa shape index (κ3) is 5.89. The third-order valence-corrected chi connectivity index (χ3v) is 4.97. The first-order valence-corrected chi connectivity index (χ1v) is 10.7. The Hall–Kier alpha value is -3.25. The number of thioether (sulfide) groups is 1. The zero-order valence-corrected chi connectivity index (χ0v) is 18.5. The first kappa shape index (κ1) is 22.4. The number of furan rings is 1. The molecule has 0 aliphatic carbocycles. The van der Waals surface area contributed by atoms with Gasteiger partial charge >= 0.3 is 5.91 Å². The second-order valence-corrected chi connectivity index (χ2v) is 7.60. The van der Waals surface area contributed by atoms with E-state index in [4.69, 9.17) is 14.6 Å². The van der Waals surface area contributed by atoms with Crippen molar-refractivity contribution in [3.05, 3.63) is 46.8 Å². The van der Waals surface area contributed by atoms with E-state index in [9.17, 15) is 14.4 Å². The number of amidine groups is 2. The van der Waals surface area contributed by atoms with Crippen molar-refractivity contribution < 1.29 is 23.5 Å². The van der Waals surface area contributed by atoms with Gasteiger partial charge in [0.05, 0.1) is 18.0 Å². The summed E-state index contributed by atoms with van der Waals surface area (Å²) in [6.45, 7) is 2.29. The van der Waals surface area contributed by atoms with Crippen molar-refractivity contribution in [2.75, 3.05) is 17.7 Å². The summed E-state index contributed by atoms with van der Waals surface area (Å²) in [5, 5.41) is 13.1. The van der Waals surface area contributed by atoms with Crippen molar-refractivity contribution in [2.24, 2.45) is 9.98 Å². The molecule has 1 aliphatic heterocycles. The predicted octanol–water partition coefficient (Wildman–Crippen LogP) is 2.86. The number of aliphatic imine (C=N–C) groups is 2. The number of halogens is 1. The van der Waals surface area contributed by atoms with Crippen LogP contribution in [0.15, 0.2) is 55.5 Å². The molecule has 10 nitrogen and oxygen atoms in total. The normalized spacial score (nSPS) is 14.8. The molecule has 2 aromatic rings. The molecule has 1 aromatic carbocycles. The molecule has 1 aromatic heterocycles. The number of carbonyl (C=O) groups excluding carboxylic acids is 3. The van der Waals surface area contributed by atoms with Crippen molar-refractivity contribution in [1.82, 2.24) is 5.32 Å². The fourth-order valence-electron chi connectivity index (χ4n) is 2.38. The summed E-state index contributed by atoms with van der Waals surface area (Å²) < 4.78 is 10.9. The number of amides is 3. The highest BCUT2D eigenvalue weighted by Gasteiger charge is 2.27. The van der Waals surface area contributed by atoms with Crippen LogP contribution in [0.1, 0.15) is 17.5 Å². The molecule has 12 heteroatoms. The topological polar surface area (TPSA) is 146 Å². The van der Waals surface area contributed by atoms with Gasteiger partial charge in [-0.15, -0.1) is 0 Å². The Morgan fingerprint density at radius 1 is 1.32 bits per heavy atom. The van der Waals surface area contributed by atoms with Gasteiger partial charge in [-0.1, -0.05) is 23.9 Å². The summed E-state index contributed by atoms with van der Waals surface area (Å²) in [5.41, 5.74) is 0.0757. The van der Waals surface area contributed by atoms with E-state index in [1.807, 2.05) is 6.92 Å². The molecular formula is C19H16BrN5O5S. The average Bonchev–Trinajstić information content (AvgIpc) is 3.17. The van der Waals surface area contributed by atoms with E-state index in [-0.39, 0.29) is 22.6 Å². The molecule has 3 N–H and O–H groups in total. The monoisotopic (exact) mass is 505 g/mol. The molecule has 0 saturated heterocycles. The number of anilines is 1. The Bertz CT molecular complexity index is 1110. The minimum Gasteiger partial charge on any atom is -0.492 e. The summed E-state index contributed by atoms with van der Waals surface area (Å²) in [4.78, 5) is 44.1. The lowest BCUT2D eigenvalue weighted by molar-refractivity contribution is -0.114. The Morgan fingerprint density at radius 2 is 2.10 bits per heavy atom. The Balaban J connectivity index is 1.61. The largest absolute Gasteiger partial charge is 0.492 e. The molecule has 3 amide bonds. The van der Waals surface area contributed by atoms with Crippen LogP contribution in [-0.4, -0.2) is 46.8 Å². The van der Waals surface area contributed by atoms with Crippen molar-refractivity contribution in [3.8, 4) is 5.75 Å². The molecule has 2 heterocycles. The maximum absolute atomic E-state index is 12.3. The van der Waals surface area contributed by atoms with Crippen LogP contribution in [-0.2, 0) is 9.59 Å². The van der Waals surface area contributed by atoms with Gasteiger partial charge in [0.25, 0.3) is 5.91 Å². The number of nitrogens with zero attached hydrogens (tertiary/aromatic N) is 2. The molecule has 0 radical (unpaired) electrons. The third-order valence-electron chi connectivity index (χ3n) is 3.67. The van der Waals surface area contributed by atoms with Crippen LogP contribution in [0.2, 0.25) is 0 Å². The van der Waals surface area contributed by atoms with Gasteiger partial charge < -0.3 is 14.5 Å². The molecule has 0 atom stereocenters. The Labute approximate surface area is 189 Å². The summed E-state index contributed by atoms with van der Waals surface area (Å²) in [7, 11) is 0. The minimum atomic E-state index is -0.820. The number of ether oxygens (including phenoxy) is 1. The first-order valence-electron chi connectivity index (χ1n) is 8.89. The van der Waals surface area contributed by atoms with Crippen molar-refractivity contribution in [2.45, 2.75) is 6.92 Å². The van der Waals surface area contributed by atoms with Crippen LogP contribution < -0.4 is 15.4 Å². The smallest absolute Gasteiger partial charge is 0.313 e. The van der Waals surface area contributed by atoms with Gasteiger partial charge in [0.15, 0.2) is 27.1 Å². The zero-order chi connectivity index (χ0) is 22.4. The highest BCUT2D eigenvalue weighted by Crippen LogP contribution is 2.24. The molecule has 160 valence electrons. The van der Waals surface area contributed by atoms with E-state index in [1.54, 1.807) is 24.3 Å². The summed E-state index contributed by atoms with van der Waals surface area (Å²) in [6.07, 6.45) is 0. The highest BCUT2D eigenvalue weighted by atomic mass is 79.9. The fourth-order valence-corrected chi connectivity index (χ4v) is 3.34. The quantitative estimate of drug-likeness (QED) is 0.549. The number of benzene rings is 1. The first-order chi connectivity index (χ1) is 14.9. The summed E-state index contributed by atoms with van der Waals surface area (Å²) in [6, 6.07) is 9.89. The van der Waals surface area contributed by atoms with Crippen molar-refractivity contribution in [1.29, 1.82) is 5.41 Å². The number of rotatable bonds is 6. The van der Waals surface area contributed by atoms with Crippen molar-refractivity contribution >= 4 is 67.8 Å². The van der Waals surface area contributed by atoms with E-state index < -0.39 is 23.4 Å². The molecule has 0 bridgehead atoms. The lowest BCUT2D eigenvalue weighted by Gasteiger charge is -2.15. The Kier molecular flexibility index (Phi) is 7.36. The second kappa shape index (κ2) is 10.2. The molecule has 0 unspecified atom stereocenters. The summed E-state index contributed by atoms with van der Waals surface area (Å²) in [5.74, 6) is -2.05. The van der Waals surface area contributed by atoms with Gasteiger partial charge in [0.1, 0.15) is 5.75 Å². The predicted molar refractivity (Wildman–Crippen MR) is 120 cm³/mol. The summed E-state index contributed by atoms with van der Waals surface area (Å²) >= 11 is 4.00. The number of carbonyl (C=O) groups is 3. The van der Waals surface area contributed by atoms with E-state index in [1.165, 1.54) is 12.1 Å². The average molecular weight is 506 g/mol. The molecule has 1 aliphatic rings. The van der Waals surface area contributed by atoms with Crippen LogP contribution in [0.5, 0.6) is 5.75 Å². The van der Waals surface area contributed by atoms with Gasteiger partial charge in [-0.3, -0.25) is 25.1 Å². The van der Waals surface area contributed by atoms with Crippen LogP contribution in [0.25, 0.3) is 0 Å². The van der Waals surface area contributed by atoms with E-state index in [2.05, 4.69) is 36.5 Å². The van der Waals surface area contributed by atoms with Crippen LogP contribution in [0, 0.1) is 5.41 Å². The van der Waals surface area contributed by atoms with Gasteiger partial charge in [-0.2, -0.15) is 4.99 Å². The van der Waals surface area contributed by atoms with Gasteiger partial charge in [0, 0.05) is 0 Å². The number of nitrogens with one attached hydrogen (secondary N) is 3. The highest BCUT2D eigenvalue weighted by molar-refractivity contribution is 9.10. The molecule has 0 fully saturated rings. The maximum atomic E-state index is 12.3. The maximum Gasteiger partial charge on any atom is 0.313 e. The van der Waals surface area contributed by atoms with Crippen LogP contribution >= 0.6 is 27.7 Å². The zero-order valence-electron chi connectivity index (χ0n) is 16.1. The molecule has 31 heavy (non-hydrogen) atoms. The number of hydrogen-bond acceptors (Lipinski definition) is 7. The van der Waals surface area contributed by atoms with Crippen LogP contribution in [0.3, 0.4) is 0 Å². The van der Waals surface area contributed by atoms with Gasteiger partial charge in [-0.25, -0.2) is 4.99 Å².